The smallest absolute Gasteiger partial charge is 0.222 e. The van der Waals surface area contributed by atoms with E-state index in [1.165, 1.54) is 36.0 Å². The molecule has 1 unspecified atom stereocenters. The molecule has 5 heteroatoms. The summed E-state index contributed by atoms with van der Waals surface area (Å²) in [6.45, 7) is 2.70. The average molecular weight is 463 g/mol. The lowest BCUT2D eigenvalue weighted by Crippen LogP contribution is -2.29. The molecule has 0 aliphatic heterocycles. The first-order valence-corrected chi connectivity index (χ1v) is 12.8. The molecule has 5 nitrogen and oxygen atoms in total. The summed E-state index contributed by atoms with van der Waals surface area (Å²) in [7, 11) is 0. The van der Waals surface area contributed by atoms with Crippen molar-refractivity contribution in [3.05, 3.63) is 83.4 Å². The summed E-state index contributed by atoms with van der Waals surface area (Å²) in [6.07, 6.45) is 6.13. The maximum absolute atomic E-state index is 13.1. The molecule has 5 aromatic rings. The fraction of sp³-hybridized carbons (Fsp3) is 0.300. The maximum Gasteiger partial charge on any atom is 0.222 e. The van der Waals surface area contributed by atoms with Gasteiger partial charge in [-0.2, -0.15) is 0 Å². The number of nitrogens with one attached hydrogen (secondary N) is 1. The van der Waals surface area contributed by atoms with Crippen molar-refractivity contribution >= 4 is 39.0 Å². The Balaban J connectivity index is 1.26. The monoisotopic (exact) mass is 462 g/mol. The van der Waals surface area contributed by atoms with E-state index in [9.17, 15) is 4.79 Å². The Kier molecular flexibility index (Phi) is 5.69. The Morgan fingerprint density at radius 3 is 2.51 bits per heavy atom. The van der Waals surface area contributed by atoms with Gasteiger partial charge in [0.15, 0.2) is 5.65 Å². The first-order valence-electron chi connectivity index (χ1n) is 12.8. The highest BCUT2D eigenvalue weighted by molar-refractivity contribution is 6.06. The van der Waals surface area contributed by atoms with Crippen molar-refractivity contribution in [1.29, 1.82) is 0 Å². The SMILES string of the molecule is CCC(NC(=O)CCn1c2ccccc2c2nc3ccccc3nc21)c1ccc2c(c1)CCCC2. The highest BCUT2D eigenvalue weighted by Gasteiger charge is 2.18. The number of hydrogen-bond donors (Lipinski definition) is 1. The molecule has 2 aromatic heterocycles. The van der Waals surface area contributed by atoms with E-state index in [0.29, 0.717) is 13.0 Å². The van der Waals surface area contributed by atoms with Gasteiger partial charge < -0.3 is 9.88 Å². The minimum absolute atomic E-state index is 0.0385. The standard InChI is InChI=1S/C30H30N4O/c1-2-24(22-16-15-20-9-3-4-10-21(20)19-22)31-28(35)17-18-34-27-14-8-5-11-23(27)29-30(34)33-26-13-7-6-12-25(26)32-29/h5-8,11-16,19,24H,2-4,9-10,17-18H2,1H3,(H,31,35). The van der Waals surface area contributed by atoms with E-state index in [1.54, 1.807) is 0 Å². The van der Waals surface area contributed by atoms with E-state index < -0.39 is 0 Å². The summed E-state index contributed by atoms with van der Waals surface area (Å²) in [4.78, 5) is 22.9. The third kappa shape index (κ3) is 4.05. The van der Waals surface area contributed by atoms with Crippen LogP contribution in [-0.4, -0.2) is 20.4 Å². The summed E-state index contributed by atoms with van der Waals surface area (Å²) in [5, 5.41) is 4.36. The molecule has 2 heterocycles. The molecule has 1 N–H and O–H groups in total. The quantitative estimate of drug-likeness (QED) is 0.323. The fourth-order valence-corrected chi connectivity index (χ4v) is 5.48. The van der Waals surface area contributed by atoms with Gasteiger partial charge >= 0.3 is 0 Å². The third-order valence-corrected chi connectivity index (χ3v) is 7.34. The molecule has 1 atom stereocenters. The lowest BCUT2D eigenvalue weighted by atomic mass is 9.89. The second-order valence-corrected chi connectivity index (χ2v) is 9.57. The predicted octanol–water partition coefficient (Wildman–Crippen LogP) is 6.27. The number of carbonyl (C=O) groups is 1. The molecule has 1 amide bonds. The van der Waals surface area contributed by atoms with Gasteiger partial charge in [0.1, 0.15) is 5.52 Å². The van der Waals surface area contributed by atoms with Gasteiger partial charge in [0.25, 0.3) is 0 Å². The number of aromatic nitrogens is 3. The Morgan fingerprint density at radius 1 is 0.943 bits per heavy atom. The molecule has 6 rings (SSSR count). The minimum Gasteiger partial charge on any atom is -0.349 e. The summed E-state index contributed by atoms with van der Waals surface area (Å²) in [5.41, 5.74) is 8.69. The molecule has 0 bridgehead atoms. The van der Waals surface area contributed by atoms with E-state index in [4.69, 9.17) is 9.97 Å². The first-order chi connectivity index (χ1) is 17.2. The van der Waals surface area contributed by atoms with Crippen LogP contribution in [-0.2, 0) is 24.2 Å². The van der Waals surface area contributed by atoms with Gasteiger partial charge in [-0.25, -0.2) is 9.97 Å². The van der Waals surface area contributed by atoms with Crippen molar-refractivity contribution in [2.45, 2.75) is 58.0 Å². The van der Waals surface area contributed by atoms with Crippen LogP contribution in [0.4, 0.5) is 0 Å². The zero-order valence-electron chi connectivity index (χ0n) is 20.1. The van der Waals surface area contributed by atoms with Crippen molar-refractivity contribution in [3.63, 3.8) is 0 Å². The van der Waals surface area contributed by atoms with Crippen LogP contribution in [0.1, 0.15) is 55.3 Å². The van der Waals surface area contributed by atoms with Crippen molar-refractivity contribution < 1.29 is 4.79 Å². The predicted molar refractivity (Wildman–Crippen MR) is 141 cm³/mol. The van der Waals surface area contributed by atoms with E-state index >= 15 is 0 Å². The molecule has 0 spiro atoms. The average Bonchev–Trinajstić information content (AvgIpc) is 3.21. The third-order valence-electron chi connectivity index (χ3n) is 7.34. The summed E-state index contributed by atoms with van der Waals surface area (Å²) in [6, 6.07) is 23.0. The summed E-state index contributed by atoms with van der Waals surface area (Å²) >= 11 is 0. The highest BCUT2D eigenvalue weighted by atomic mass is 16.1. The fourth-order valence-electron chi connectivity index (χ4n) is 5.48. The van der Waals surface area contributed by atoms with Crippen LogP contribution in [0.2, 0.25) is 0 Å². The molecule has 3 aromatic carbocycles. The Hall–Kier alpha value is -3.73. The molecule has 0 radical (unpaired) electrons. The van der Waals surface area contributed by atoms with Crippen molar-refractivity contribution in [1.82, 2.24) is 19.9 Å². The molecule has 35 heavy (non-hydrogen) atoms. The zero-order valence-corrected chi connectivity index (χ0v) is 20.1. The molecule has 1 aliphatic carbocycles. The van der Waals surface area contributed by atoms with E-state index in [-0.39, 0.29) is 11.9 Å². The van der Waals surface area contributed by atoms with Crippen molar-refractivity contribution in [2.24, 2.45) is 0 Å². The molecular formula is C30H30N4O. The largest absolute Gasteiger partial charge is 0.349 e. The van der Waals surface area contributed by atoms with Crippen LogP contribution >= 0.6 is 0 Å². The van der Waals surface area contributed by atoms with Crippen LogP contribution in [0.15, 0.2) is 66.7 Å². The molecule has 0 saturated heterocycles. The number of nitrogens with zero attached hydrogens (tertiary/aromatic N) is 3. The number of rotatable bonds is 6. The Morgan fingerprint density at radius 2 is 1.69 bits per heavy atom. The van der Waals surface area contributed by atoms with E-state index in [0.717, 1.165) is 45.9 Å². The van der Waals surface area contributed by atoms with Gasteiger partial charge in [-0.1, -0.05) is 55.5 Å². The Labute approximate surface area is 205 Å². The van der Waals surface area contributed by atoms with E-state index in [1.807, 2.05) is 36.4 Å². The second-order valence-electron chi connectivity index (χ2n) is 9.57. The molecular weight excluding hydrogens is 432 g/mol. The second kappa shape index (κ2) is 9.14. The molecule has 1 aliphatic rings. The molecule has 0 saturated carbocycles. The number of fused-ring (bicyclic) bond motifs is 5. The summed E-state index contributed by atoms with van der Waals surface area (Å²) < 4.78 is 2.14. The zero-order chi connectivity index (χ0) is 23.8. The Bertz CT molecular complexity index is 1550. The van der Waals surface area contributed by atoms with Crippen molar-refractivity contribution in [2.75, 3.05) is 0 Å². The number of aryl methyl sites for hydroxylation is 3. The maximum atomic E-state index is 13.1. The van der Waals surface area contributed by atoms with Gasteiger partial charge in [0, 0.05) is 18.4 Å². The first kappa shape index (κ1) is 21.8. The number of hydrogen-bond acceptors (Lipinski definition) is 3. The summed E-state index contributed by atoms with van der Waals surface area (Å²) in [5.74, 6) is 0.0641. The minimum atomic E-state index is 0.0385. The van der Waals surface area contributed by atoms with Crippen LogP contribution in [0.25, 0.3) is 33.1 Å². The number of carbonyl (C=O) groups excluding carboxylic acids is 1. The lowest BCUT2D eigenvalue weighted by molar-refractivity contribution is -0.122. The van der Waals surface area contributed by atoms with Crippen molar-refractivity contribution in [3.8, 4) is 0 Å². The lowest BCUT2D eigenvalue weighted by Gasteiger charge is -2.22. The van der Waals surface area contributed by atoms with Gasteiger partial charge in [0.05, 0.1) is 22.6 Å². The van der Waals surface area contributed by atoms with Gasteiger partial charge in [-0.05, 0) is 67.0 Å². The van der Waals surface area contributed by atoms with Crippen LogP contribution in [0, 0.1) is 0 Å². The van der Waals surface area contributed by atoms with Crippen LogP contribution < -0.4 is 5.32 Å². The van der Waals surface area contributed by atoms with E-state index in [2.05, 4.69) is 47.1 Å². The van der Waals surface area contributed by atoms with Crippen LogP contribution in [0.3, 0.4) is 0 Å². The van der Waals surface area contributed by atoms with Gasteiger partial charge in [-0.15, -0.1) is 0 Å². The number of benzene rings is 3. The number of amides is 1. The highest BCUT2D eigenvalue weighted by Crippen LogP contribution is 2.29. The molecule has 176 valence electrons. The van der Waals surface area contributed by atoms with Gasteiger partial charge in [0.2, 0.25) is 5.91 Å². The van der Waals surface area contributed by atoms with Crippen LogP contribution in [0.5, 0.6) is 0 Å². The molecule has 0 fully saturated rings. The van der Waals surface area contributed by atoms with Gasteiger partial charge in [-0.3, -0.25) is 4.79 Å². The normalized spacial score (nSPS) is 14.3. The number of para-hydroxylation sites is 3. The topological polar surface area (TPSA) is 59.8 Å².